The van der Waals surface area contributed by atoms with Crippen LogP contribution in [0.5, 0.6) is 0 Å². The molecule has 0 saturated heterocycles. The Bertz CT molecular complexity index is 594. The summed E-state index contributed by atoms with van der Waals surface area (Å²) in [5.74, 6) is -1.27. The summed E-state index contributed by atoms with van der Waals surface area (Å²) in [6, 6.07) is 0. The van der Waals surface area contributed by atoms with E-state index in [1.54, 1.807) is 0 Å². The van der Waals surface area contributed by atoms with Crippen LogP contribution in [-0.4, -0.2) is 25.3 Å². The highest BCUT2D eigenvalue weighted by Crippen LogP contribution is 2.25. The van der Waals surface area contributed by atoms with Crippen LogP contribution in [0.2, 0.25) is 0 Å². The van der Waals surface area contributed by atoms with E-state index in [-0.39, 0.29) is 10.4 Å². The second kappa shape index (κ2) is 4.81. The summed E-state index contributed by atoms with van der Waals surface area (Å²) >= 11 is 0. The molecule has 0 bridgehead atoms. The lowest BCUT2D eigenvalue weighted by Crippen LogP contribution is -2.24. The van der Waals surface area contributed by atoms with Gasteiger partial charge in [-0.05, 0) is 6.92 Å². The summed E-state index contributed by atoms with van der Waals surface area (Å²) in [5, 5.41) is 8.41. The summed E-state index contributed by atoms with van der Waals surface area (Å²) in [6.45, 7) is 1.43. The van der Waals surface area contributed by atoms with Gasteiger partial charge in [-0.15, -0.1) is 0 Å². The van der Waals surface area contributed by atoms with Gasteiger partial charge in [0, 0.05) is 29.1 Å². The van der Waals surface area contributed by atoms with Crippen molar-refractivity contribution in [2.24, 2.45) is 0 Å². The molecular formula is C9H9F3N4OS. The minimum Gasteiger partial charge on any atom is -0.249 e. The minimum atomic E-state index is -4.62. The van der Waals surface area contributed by atoms with Crippen LogP contribution in [0.4, 0.5) is 13.2 Å². The predicted octanol–water partition coefficient (Wildman–Crippen LogP) is 0.936. The molecule has 0 aromatic carbocycles. The molecule has 18 heavy (non-hydrogen) atoms. The zero-order valence-electron chi connectivity index (χ0n) is 9.45. The van der Waals surface area contributed by atoms with Crippen LogP contribution in [0.3, 0.4) is 0 Å². The van der Waals surface area contributed by atoms with E-state index < -0.39 is 21.7 Å². The number of nitrogens with one attached hydrogen (secondary N) is 1. The van der Waals surface area contributed by atoms with Gasteiger partial charge in [0.2, 0.25) is 5.82 Å². The van der Waals surface area contributed by atoms with Crippen LogP contribution in [0.25, 0.3) is 0 Å². The van der Waals surface area contributed by atoms with Crippen molar-refractivity contribution < 1.29 is 17.4 Å². The van der Waals surface area contributed by atoms with Crippen LogP contribution in [0.1, 0.15) is 18.3 Å². The third-order valence-electron chi connectivity index (χ3n) is 2.14. The van der Waals surface area contributed by atoms with E-state index in [2.05, 4.69) is 14.7 Å². The van der Waals surface area contributed by atoms with Crippen molar-refractivity contribution in [1.29, 1.82) is 5.26 Å². The van der Waals surface area contributed by atoms with E-state index in [9.17, 15) is 17.4 Å². The first-order valence-electron chi connectivity index (χ1n) is 4.56. The van der Waals surface area contributed by atoms with Crippen molar-refractivity contribution in [2.75, 3.05) is 6.26 Å². The smallest absolute Gasteiger partial charge is 0.249 e. The monoisotopic (exact) mass is 278 g/mol. The molecule has 0 saturated carbocycles. The number of nitriles is 1. The van der Waals surface area contributed by atoms with Gasteiger partial charge < -0.3 is 0 Å². The zero-order valence-corrected chi connectivity index (χ0v) is 10.3. The number of aromatic nitrogens is 2. The summed E-state index contributed by atoms with van der Waals surface area (Å²) in [5.41, 5.74) is 0.179. The normalized spacial score (nSPS) is 14.4. The Labute approximate surface area is 102 Å². The molecular weight excluding hydrogens is 269 g/mol. The van der Waals surface area contributed by atoms with Gasteiger partial charge in [0.1, 0.15) is 0 Å². The molecule has 1 aromatic heterocycles. The molecule has 1 N–H and O–H groups in total. The fourth-order valence-corrected chi connectivity index (χ4v) is 1.93. The molecule has 1 rings (SSSR count). The van der Waals surface area contributed by atoms with Gasteiger partial charge >= 0.3 is 6.18 Å². The molecule has 0 fully saturated rings. The van der Waals surface area contributed by atoms with Crippen LogP contribution in [0.15, 0.2) is 12.4 Å². The van der Waals surface area contributed by atoms with E-state index in [4.69, 9.17) is 5.26 Å². The maximum absolute atomic E-state index is 12.2. The molecule has 1 heterocycles. The quantitative estimate of drug-likeness (QED) is 0.378. The van der Waals surface area contributed by atoms with Crippen LogP contribution in [0, 0.1) is 11.5 Å². The Morgan fingerprint density at radius 3 is 2.33 bits per heavy atom. The summed E-state index contributed by atoms with van der Waals surface area (Å²) < 4.78 is 50.7. The van der Waals surface area contributed by atoms with Gasteiger partial charge in [-0.25, -0.2) is 18.9 Å². The van der Waals surface area contributed by atoms with Crippen LogP contribution in [-0.2, 0) is 15.9 Å². The van der Waals surface area contributed by atoms with Crippen molar-refractivity contribution in [3.8, 4) is 6.19 Å². The molecule has 9 heteroatoms. The van der Waals surface area contributed by atoms with Gasteiger partial charge in [-0.2, -0.15) is 18.4 Å². The van der Waals surface area contributed by atoms with E-state index >= 15 is 0 Å². The molecule has 0 aliphatic heterocycles. The second-order valence-electron chi connectivity index (χ2n) is 3.41. The molecule has 0 radical (unpaired) electrons. The van der Waals surface area contributed by atoms with E-state index in [1.807, 2.05) is 0 Å². The molecule has 98 valence electrons. The lowest BCUT2D eigenvalue weighted by Gasteiger charge is -2.09. The Balaban J connectivity index is 3.23. The third kappa shape index (κ3) is 3.10. The highest BCUT2D eigenvalue weighted by molar-refractivity contribution is 8.00. The standard InChI is InChI=1S/C9H9F3N4OS/c1-6(18(2,17)16-5-13)7-3-14-8(15-4-7)9(10,11)12/h3-4H,1-2H3,(H,16,17). The van der Waals surface area contributed by atoms with Crippen LogP contribution < -0.4 is 4.72 Å². The van der Waals surface area contributed by atoms with Crippen molar-refractivity contribution in [3.63, 3.8) is 0 Å². The Kier molecular flexibility index (Phi) is 3.81. The lowest BCUT2D eigenvalue weighted by atomic mass is 10.3. The molecule has 1 aromatic rings. The number of alkyl halides is 3. The van der Waals surface area contributed by atoms with E-state index in [0.29, 0.717) is 0 Å². The summed E-state index contributed by atoms with van der Waals surface area (Å²) in [4.78, 5) is 6.51. The molecule has 1 atom stereocenters. The number of hydrogen-bond acceptors (Lipinski definition) is 4. The topological polar surface area (TPSA) is 78.7 Å². The highest BCUT2D eigenvalue weighted by atomic mass is 32.2. The molecule has 1 unspecified atom stereocenters. The first kappa shape index (κ1) is 14.2. The number of nitrogens with zero attached hydrogens (tertiary/aromatic N) is 3. The second-order valence-corrected chi connectivity index (χ2v) is 5.91. The van der Waals surface area contributed by atoms with Gasteiger partial charge in [-0.3, -0.25) is 0 Å². The number of rotatable bonds is 2. The molecule has 0 spiro atoms. The maximum Gasteiger partial charge on any atom is 0.451 e. The third-order valence-corrected chi connectivity index (χ3v) is 4.02. The van der Waals surface area contributed by atoms with Gasteiger partial charge in [-0.1, -0.05) is 0 Å². The van der Waals surface area contributed by atoms with Gasteiger partial charge in [0.05, 0.1) is 9.71 Å². The van der Waals surface area contributed by atoms with Gasteiger partial charge in [0.15, 0.2) is 6.19 Å². The fourth-order valence-electron chi connectivity index (χ4n) is 1.04. The average molecular weight is 278 g/mol. The predicted molar refractivity (Wildman–Crippen MR) is 59.6 cm³/mol. The Morgan fingerprint density at radius 1 is 1.44 bits per heavy atom. The first-order chi connectivity index (χ1) is 8.18. The zero-order chi connectivity index (χ0) is 14.0. The molecule has 0 amide bonds. The maximum atomic E-state index is 12.2. The van der Waals surface area contributed by atoms with Crippen molar-refractivity contribution in [3.05, 3.63) is 23.8 Å². The largest absolute Gasteiger partial charge is 0.451 e. The highest BCUT2D eigenvalue weighted by Gasteiger charge is 2.34. The van der Waals surface area contributed by atoms with Gasteiger partial charge in [0.25, 0.3) is 0 Å². The first-order valence-corrected chi connectivity index (χ1v) is 6.53. The SMILES string of the molecule is CC(c1cnc(C(F)(F)F)nc1)=S(C)(=O)NC#N. The lowest BCUT2D eigenvalue weighted by molar-refractivity contribution is -0.145. The van der Waals surface area contributed by atoms with E-state index in [0.717, 1.165) is 12.4 Å². The summed E-state index contributed by atoms with van der Waals surface area (Å²) in [6.07, 6.45) is 0.0221. The van der Waals surface area contributed by atoms with Crippen LogP contribution >= 0.6 is 0 Å². The van der Waals surface area contributed by atoms with E-state index in [1.165, 1.54) is 19.4 Å². The molecule has 0 aliphatic carbocycles. The Hall–Kier alpha value is -1.82. The molecule has 0 aliphatic rings. The Morgan fingerprint density at radius 2 is 1.94 bits per heavy atom. The minimum absolute atomic E-state index is 0.179. The van der Waals surface area contributed by atoms with Crippen molar-refractivity contribution in [2.45, 2.75) is 13.1 Å². The number of halogens is 3. The number of hydrogen-bond donors (Lipinski definition) is 1. The van der Waals surface area contributed by atoms with Crippen molar-refractivity contribution >= 4 is 14.6 Å². The fraction of sp³-hybridized carbons (Fsp3) is 0.333. The average Bonchev–Trinajstić information content (AvgIpc) is 2.27. The summed E-state index contributed by atoms with van der Waals surface area (Å²) in [7, 11) is -2.82. The van der Waals surface area contributed by atoms with Crippen molar-refractivity contribution in [1.82, 2.24) is 14.7 Å². The molecule has 5 nitrogen and oxygen atoms in total.